The molecule has 6 heteroatoms. The summed E-state index contributed by atoms with van der Waals surface area (Å²) in [6, 6.07) is 13.7. The van der Waals surface area contributed by atoms with Crippen molar-refractivity contribution in [1.29, 1.82) is 0 Å². The number of carbonyl (C=O) groups excluding carboxylic acids is 1. The molecule has 4 aromatic rings. The number of nitrogens with zero attached hydrogens (tertiary/aromatic N) is 3. The van der Waals surface area contributed by atoms with Crippen LogP contribution in [0.25, 0.3) is 21.1 Å². The van der Waals surface area contributed by atoms with Crippen molar-refractivity contribution in [3.8, 4) is 0 Å². The molecule has 0 bridgehead atoms. The van der Waals surface area contributed by atoms with Crippen LogP contribution < -0.4 is 4.90 Å². The van der Waals surface area contributed by atoms with Gasteiger partial charge >= 0.3 is 0 Å². The molecule has 2 aromatic carbocycles. The molecule has 0 spiro atoms. The summed E-state index contributed by atoms with van der Waals surface area (Å²) in [7, 11) is 3.75. The number of aryl methyl sites for hydroxylation is 1. The summed E-state index contributed by atoms with van der Waals surface area (Å²) in [5.41, 5.74) is 2.95. The van der Waals surface area contributed by atoms with E-state index in [4.69, 9.17) is 11.6 Å². The molecule has 0 aliphatic heterocycles. The normalized spacial score (nSPS) is 11.3. The highest BCUT2D eigenvalue weighted by Crippen LogP contribution is 2.29. The first kappa shape index (κ1) is 16.1. The van der Waals surface area contributed by atoms with E-state index in [0.717, 1.165) is 26.7 Å². The monoisotopic (exact) mass is 369 g/mol. The number of fused-ring (bicyclic) bond motifs is 2. The standard InChI is InChI=1S/C19H16ClN3OS/c1-22-11-12(14-10-13(20)7-8-16(14)22)9-18(24)23(2)19-21-15-5-3-4-6-17(15)25-19/h3-8,10-11H,9H2,1-2H3. The summed E-state index contributed by atoms with van der Waals surface area (Å²) in [5, 5.41) is 2.40. The van der Waals surface area contributed by atoms with Crippen LogP contribution in [0.3, 0.4) is 0 Å². The van der Waals surface area contributed by atoms with Gasteiger partial charge in [0.1, 0.15) is 0 Å². The fourth-order valence-electron chi connectivity index (χ4n) is 2.98. The Bertz CT molecular complexity index is 1070. The van der Waals surface area contributed by atoms with E-state index in [9.17, 15) is 4.79 Å². The van der Waals surface area contributed by atoms with Crippen LogP contribution in [0, 0.1) is 0 Å². The Morgan fingerprint density at radius 3 is 2.88 bits per heavy atom. The summed E-state index contributed by atoms with van der Waals surface area (Å²) in [6.45, 7) is 0. The second-order valence-corrected chi connectivity index (χ2v) is 7.47. The van der Waals surface area contributed by atoms with Gasteiger partial charge < -0.3 is 4.57 Å². The number of amides is 1. The minimum absolute atomic E-state index is 0.00605. The van der Waals surface area contributed by atoms with Crippen LogP contribution in [-0.4, -0.2) is 22.5 Å². The molecule has 0 unspecified atom stereocenters. The van der Waals surface area contributed by atoms with Crippen LogP contribution in [0.4, 0.5) is 5.13 Å². The van der Waals surface area contributed by atoms with Gasteiger partial charge in [0.25, 0.3) is 0 Å². The van der Waals surface area contributed by atoms with Crippen molar-refractivity contribution >= 4 is 55.1 Å². The Hall–Kier alpha value is -2.37. The van der Waals surface area contributed by atoms with Crippen LogP contribution >= 0.6 is 22.9 Å². The zero-order valence-electron chi connectivity index (χ0n) is 13.9. The number of anilines is 1. The highest BCUT2D eigenvalue weighted by atomic mass is 35.5. The number of halogens is 1. The molecule has 0 radical (unpaired) electrons. The topological polar surface area (TPSA) is 38.1 Å². The first-order chi connectivity index (χ1) is 12.0. The summed E-state index contributed by atoms with van der Waals surface area (Å²) in [5.74, 6) is 0.00605. The molecule has 2 heterocycles. The van der Waals surface area contributed by atoms with Crippen molar-refractivity contribution in [2.45, 2.75) is 6.42 Å². The van der Waals surface area contributed by atoms with Gasteiger partial charge in [-0.15, -0.1) is 0 Å². The van der Waals surface area contributed by atoms with Crippen molar-refractivity contribution in [2.75, 3.05) is 11.9 Å². The number of rotatable bonds is 3. The third-order valence-electron chi connectivity index (χ3n) is 4.32. The molecule has 1 amide bonds. The number of likely N-dealkylation sites (N-methyl/N-ethyl adjacent to an activating group) is 1. The second-order valence-electron chi connectivity index (χ2n) is 6.02. The Morgan fingerprint density at radius 1 is 1.28 bits per heavy atom. The molecular weight excluding hydrogens is 354 g/mol. The molecule has 126 valence electrons. The maximum absolute atomic E-state index is 12.8. The van der Waals surface area contributed by atoms with Gasteiger partial charge in [-0.3, -0.25) is 9.69 Å². The van der Waals surface area contributed by atoms with Crippen molar-refractivity contribution in [1.82, 2.24) is 9.55 Å². The molecule has 0 aliphatic rings. The second kappa shape index (κ2) is 6.17. The quantitative estimate of drug-likeness (QED) is 0.527. The third-order valence-corrected chi connectivity index (χ3v) is 5.67. The van der Waals surface area contributed by atoms with Gasteiger partial charge in [-0.05, 0) is 35.9 Å². The predicted octanol–water partition coefficient (Wildman–Crippen LogP) is 4.65. The number of benzene rings is 2. The average Bonchev–Trinajstić information content (AvgIpc) is 3.15. The number of hydrogen-bond donors (Lipinski definition) is 0. The maximum Gasteiger partial charge on any atom is 0.233 e. The van der Waals surface area contributed by atoms with Gasteiger partial charge in [-0.2, -0.15) is 0 Å². The highest BCUT2D eigenvalue weighted by Gasteiger charge is 2.18. The molecular formula is C19H16ClN3OS. The van der Waals surface area contributed by atoms with Crippen molar-refractivity contribution in [3.63, 3.8) is 0 Å². The van der Waals surface area contributed by atoms with E-state index in [1.165, 1.54) is 11.3 Å². The van der Waals surface area contributed by atoms with E-state index in [1.54, 1.807) is 11.9 Å². The lowest BCUT2D eigenvalue weighted by molar-refractivity contribution is -0.117. The summed E-state index contributed by atoms with van der Waals surface area (Å²) in [6.07, 6.45) is 2.30. The van der Waals surface area contributed by atoms with Crippen LogP contribution in [0.15, 0.2) is 48.7 Å². The predicted molar refractivity (Wildman–Crippen MR) is 105 cm³/mol. The lowest BCUT2D eigenvalue weighted by atomic mass is 10.1. The number of para-hydroxylation sites is 1. The van der Waals surface area contributed by atoms with E-state index >= 15 is 0 Å². The van der Waals surface area contributed by atoms with Crippen LogP contribution in [-0.2, 0) is 18.3 Å². The first-order valence-corrected chi connectivity index (χ1v) is 9.08. The highest BCUT2D eigenvalue weighted by molar-refractivity contribution is 7.22. The molecule has 4 rings (SSSR count). The molecule has 25 heavy (non-hydrogen) atoms. The maximum atomic E-state index is 12.8. The number of hydrogen-bond acceptors (Lipinski definition) is 3. The number of carbonyl (C=O) groups is 1. The van der Waals surface area contributed by atoms with Gasteiger partial charge in [0.2, 0.25) is 5.91 Å². The largest absolute Gasteiger partial charge is 0.350 e. The molecule has 2 aromatic heterocycles. The van der Waals surface area contributed by atoms with E-state index in [2.05, 4.69) is 4.98 Å². The fourth-order valence-corrected chi connectivity index (χ4v) is 4.09. The van der Waals surface area contributed by atoms with Crippen LogP contribution in [0.5, 0.6) is 0 Å². The van der Waals surface area contributed by atoms with Gasteiger partial charge in [-0.25, -0.2) is 4.98 Å². The molecule has 0 aliphatic carbocycles. The van der Waals surface area contributed by atoms with Crippen molar-refractivity contribution < 1.29 is 4.79 Å². The molecule has 0 N–H and O–H groups in total. The van der Waals surface area contributed by atoms with E-state index in [1.807, 2.05) is 60.3 Å². The minimum atomic E-state index is 0.00605. The number of thiazole rings is 1. The van der Waals surface area contributed by atoms with Crippen molar-refractivity contribution in [3.05, 3.63) is 59.2 Å². The molecule has 0 fully saturated rings. The molecule has 0 saturated heterocycles. The minimum Gasteiger partial charge on any atom is -0.350 e. The first-order valence-electron chi connectivity index (χ1n) is 7.88. The summed E-state index contributed by atoms with van der Waals surface area (Å²) in [4.78, 5) is 19.0. The molecule has 0 saturated carbocycles. The van der Waals surface area contributed by atoms with Gasteiger partial charge in [0.15, 0.2) is 5.13 Å². The Kier molecular flexibility index (Phi) is 3.98. The fraction of sp³-hybridized carbons (Fsp3) is 0.158. The van der Waals surface area contributed by atoms with Gasteiger partial charge in [-0.1, -0.05) is 35.1 Å². The Morgan fingerprint density at radius 2 is 2.08 bits per heavy atom. The smallest absolute Gasteiger partial charge is 0.233 e. The van der Waals surface area contributed by atoms with Crippen LogP contribution in [0.1, 0.15) is 5.56 Å². The van der Waals surface area contributed by atoms with E-state index in [0.29, 0.717) is 16.6 Å². The zero-order valence-corrected chi connectivity index (χ0v) is 15.4. The zero-order chi connectivity index (χ0) is 17.6. The SMILES string of the molecule is CN(C(=O)Cc1cn(C)c2ccc(Cl)cc12)c1nc2ccccc2s1. The van der Waals surface area contributed by atoms with E-state index < -0.39 is 0 Å². The third kappa shape index (κ3) is 2.90. The lowest BCUT2D eigenvalue weighted by Crippen LogP contribution is -2.27. The lowest BCUT2D eigenvalue weighted by Gasteiger charge is -2.13. The van der Waals surface area contributed by atoms with Crippen molar-refractivity contribution in [2.24, 2.45) is 7.05 Å². The molecule has 4 nitrogen and oxygen atoms in total. The summed E-state index contributed by atoms with van der Waals surface area (Å²) >= 11 is 7.65. The van der Waals surface area contributed by atoms with Gasteiger partial charge in [0.05, 0.1) is 16.6 Å². The van der Waals surface area contributed by atoms with Gasteiger partial charge in [0, 0.05) is 36.2 Å². The Labute approximate surface area is 154 Å². The summed E-state index contributed by atoms with van der Waals surface area (Å²) < 4.78 is 3.10. The van der Waals surface area contributed by atoms with E-state index in [-0.39, 0.29) is 5.91 Å². The molecule has 0 atom stereocenters. The van der Waals surface area contributed by atoms with Crippen LogP contribution in [0.2, 0.25) is 5.02 Å². The average molecular weight is 370 g/mol. The number of aromatic nitrogens is 2. The Balaban J connectivity index is 1.64.